The number of aryl methyl sites for hydroxylation is 2. The highest BCUT2D eigenvalue weighted by atomic mass is 35.5. The van der Waals surface area contributed by atoms with Gasteiger partial charge in [-0.15, -0.1) is 0 Å². The van der Waals surface area contributed by atoms with Crippen LogP contribution < -0.4 is 14.2 Å². The minimum atomic E-state index is -0.193. The summed E-state index contributed by atoms with van der Waals surface area (Å²) in [7, 11) is 0. The van der Waals surface area contributed by atoms with Crippen LogP contribution in [0.15, 0.2) is 54.3 Å². The second-order valence-electron chi connectivity index (χ2n) is 7.91. The molecule has 5 nitrogen and oxygen atoms in total. The summed E-state index contributed by atoms with van der Waals surface area (Å²) in [5.41, 5.74) is 5.49. The fourth-order valence-electron chi connectivity index (χ4n) is 3.83. The molecule has 0 saturated heterocycles. The zero-order valence-electron chi connectivity index (χ0n) is 17.7. The molecule has 0 bridgehead atoms. The molecule has 0 fully saturated rings. The van der Waals surface area contributed by atoms with Crippen LogP contribution in [0.4, 0.5) is 0 Å². The number of fused-ring (bicyclic) bond motifs is 2. The van der Waals surface area contributed by atoms with E-state index >= 15 is 0 Å². The van der Waals surface area contributed by atoms with Gasteiger partial charge in [-0.3, -0.25) is 4.79 Å². The normalized spacial score (nSPS) is 15.7. The number of halogens is 1. The highest BCUT2D eigenvalue weighted by Gasteiger charge is 2.28. The van der Waals surface area contributed by atoms with Crippen molar-refractivity contribution in [2.24, 2.45) is 0 Å². The fraction of sp³-hybridized carbons (Fsp3) is 0.192. The molecule has 5 rings (SSSR count). The van der Waals surface area contributed by atoms with E-state index in [1.165, 1.54) is 11.1 Å². The van der Waals surface area contributed by atoms with Gasteiger partial charge in [-0.1, -0.05) is 35.4 Å². The van der Waals surface area contributed by atoms with Crippen molar-refractivity contribution in [2.75, 3.05) is 6.79 Å². The Balaban J connectivity index is 1.39. The molecule has 0 spiro atoms. The summed E-state index contributed by atoms with van der Waals surface area (Å²) in [6.45, 7) is 5.12. The lowest BCUT2D eigenvalue weighted by Gasteiger charge is -2.20. The first-order chi connectivity index (χ1) is 15.5. The smallest absolute Gasteiger partial charge is 0.231 e. The number of hydrogen-bond donors (Lipinski definition) is 0. The molecule has 32 heavy (non-hydrogen) atoms. The van der Waals surface area contributed by atoms with Crippen LogP contribution in [0.3, 0.4) is 0 Å². The van der Waals surface area contributed by atoms with Crippen molar-refractivity contribution < 1.29 is 23.7 Å². The molecule has 0 amide bonds. The molecule has 162 valence electrons. The Morgan fingerprint density at radius 2 is 1.97 bits per heavy atom. The van der Waals surface area contributed by atoms with Gasteiger partial charge in [0.15, 0.2) is 12.6 Å². The maximum absolute atomic E-state index is 12.9. The second kappa shape index (κ2) is 8.34. The molecule has 3 aromatic rings. The first kappa shape index (κ1) is 20.6. The predicted octanol–water partition coefficient (Wildman–Crippen LogP) is 6.02. The number of allylic oxidation sites excluding steroid dienone is 1. The van der Waals surface area contributed by atoms with Crippen LogP contribution in [-0.2, 0) is 18.0 Å². The number of carbonyl (C=O) groups excluding carboxylic acids is 1. The van der Waals surface area contributed by atoms with Gasteiger partial charge >= 0.3 is 0 Å². The molecule has 0 saturated carbocycles. The van der Waals surface area contributed by atoms with Crippen molar-refractivity contribution in [2.45, 2.75) is 27.1 Å². The number of ketones is 1. The summed E-state index contributed by atoms with van der Waals surface area (Å²) in [5, 5.41) is 0.537. The fourth-order valence-corrected chi connectivity index (χ4v) is 4.08. The average Bonchev–Trinajstić information content (AvgIpc) is 3.09. The molecule has 2 heterocycles. The minimum absolute atomic E-state index is 0.154. The van der Waals surface area contributed by atoms with Gasteiger partial charge in [0.2, 0.25) is 5.78 Å². The summed E-state index contributed by atoms with van der Waals surface area (Å²) in [5.74, 6) is 1.78. The maximum atomic E-state index is 12.9. The molecule has 0 atom stereocenters. The zero-order chi connectivity index (χ0) is 22.2. The highest BCUT2D eigenvalue weighted by molar-refractivity contribution is 6.31. The van der Waals surface area contributed by atoms with E-state index in [2.05, 4.69) is 32.0 Å². The third-order valence-electron chi connectivity index (χ3n) is 5.53. The van der Waals surface area contributed by atoms with E-state index in [9.17, 15) is 4.79 Å². The molecule has 3 aromatic carbocycles. The Hall–Kier alpha value is -3.28. The van der Waals surface area contributed by atoms with Gasteiger partial charge < -0.3 is 18.9 Å². The van der Waals surface area contributed by atoms with Gasteiger partial charge in [-0.25, -0.2) is 0 Å². The first-order valence-corrected chi connectivity index (χ1v) is 10.7. The van der Waals surface area contributed by atoms with Crippen molar-refractivity contribution >= 4 is 23.5 Å². The van der Waals surface area contributed by atoms with Gasteiger partial charge in [0.1, 0.15) is 23.9 Å². The third kappa shape index (κ3) is 3.97. The lowest BCUT2D eigenvalue weighted by Crippen LogP contribution is -2.12. The Morgan fingerprint density at radius 3 is 2.84 bits per heavy atom. The van der Waals surface area contributed by atoms with E-state index < -0.39 is 0 Å². The van der Waals surface area contributed by atoms with Crippen molar-refractivity contribution in [3.8, 4) is 17.2 Å². The molecule has 0 radical (unpaired) electrons. The average molecular weight is 449 g/mol. The third-order valence-corrected chi connectivity index (χ3v) is 5.75. The van der Waals surface area contributed by atoms with Gasteiger partial charge in [0.25, 0.3) is 0 Å². The lowest BCUT2D eigenvalue weighted by molar-refractivity contribution is -0.0165. The predicted molar refractivity (Wildman–Crippen MR) is 121 cm³/mol. The number of carbonyl (C=O) groups is 1. The number of ether oxygens (including phenoxy) is 4. The molecule has 2 aliphatic rings. The number of Topliss-reactive ketones (excluding diaryl/α,β-unsaturated/α-hetero) is 1. The van der Waals surface area contributed by atoms with Gasteiger partial charge in [0, 0.05) is 22.2 Å². The van der Waals surface area contributed by atoms with Crippen molar-refractivity contribution in [3.63, 3.8) is 0 Å². The molecular formula is C26H21ClO5. The van der Waals surface area contributed by atoms with Crippen LogP contribution in [0.1, 0.15) is 38.2 Å². The van der Waals surface area contributed by atoms with Crippen molar-refractivity contribution in [1.82, 2.24) is 0 Å². The molecule has 0 unspecified atom stereocenters. The highest BCUT2D eigenvalue weighted by Crippen LogP contribution is 2.38. The van der Waals surface area contributed by atoms with E-state index in [0.717, 1.165) is 11.1 Å². The van der Waals surface area contributed by atoms with E-state index in [0.29, 0.717) is 46.6 Å². The SMILES string of the molecule is Cc1ccc(C)c(COc2ccc3c(c2)O/C(=C\c2cc(Cl)cc4c2OCOC4)C3=O)c1. The Kier molecular flexibility index (Phi) is 5.37. The van der Waals surface area contributed by atoms with E-state index in [4.69, 9.17) is 30.5 Å². The quantitative estimate of drug-likeness (QED) is 0.457. The number of hydrogen-bond acceptors (Lipinski definition) is 5. The Morgan fingerprint density at radius 1 is 1.09 bits per heavy atom. The van der Waals surface area contributed by atoms with Gasteiger partial charge in [-0.05, 0) is 55.3 Å². The molecular weight excluding hydrogens is 428 g/mol. The number of benzene rings is 3. The van der Waals surface area contributed by atoms with Crippen LogP contribution in [0.5, 0.6) is 17.2 Å². The largest absolute Gasteiger partial charge is 0.489 e. The number of rotatable bonds is 4. The first-order valence-electron chi connectivity index (χ1n) is 10.3. The van der Waals surface area contributed by atoms with E-state index in [1.807, 2.05) is 0 Å². The summed E-state index contributed by atoms with van der Waals surface area (Å²) >= 11 is 6.24. The monoisotopic (exact) mass is 448 g/mol. The van der Waals surface area contributed by atoms with Crippen LogP contribution in [0.2, 0.25) is 5.02 Å². The summed E-state index contributed by atoms with van der Waals surface area (Å²) < 4.78 is 22.8. The maximum Gasteiger partial charge on any atom is 0.231 e. The van der Waals surface area contributed by atoms with Crippen LogP contribution in [-0.4, -0.2) is 12.6 Å². The van der Waals surface area contributed by atoms with Crippen molar-refractivity contribution in [3.05, 3.63) is 92.7 Å². The lowest BCUT2D eigenvalue weighted by atomic mass is 10.1. The Bertz CT molecular complexity index is 1260. The van der Waals surface area contributed by atoms with Crippen LogP contribution in [0, 0.1) is 13.8 Å². The van der Waals surface area contributed by atoms with Crippen LogP contribution >= 0.6 is 11.6 Å². The molecule has 0 aliphatic carbocycles. The summed E-state index contributed by atoms with van der Waals surface area (Å²) in [6.07, 6.45) is 1.66. The zero-order valence-corrected chi connectivity index (χ0v) is 18.5. The van der Waals surface area contributed by atoms with Crippen molar-refractivity contribution in [1.29, 1.82) is 0 Å². The van der Waals surface area contributed by atoms with E-state index in [-0.39, 0.29) is 18.3 Å². The molecule has 6 heteroatoms. The minimum Gasteiger partial charge on any atom is -0.489 e. The second-order valence-corrected chi connectivity index (χ2v) is 8.35. The summed E-state index contributed by atoms with van der Waals surface area (Å²) in [6, 6.07) is 15.1. The molecule has 0 N–H and O–H groups in total. The molecule has 2 aliphatic heterocycles. The van der Waals surface area contributed by atoms with Crippen LogP contribution in [0.25, 0.3) is 6.08 Å². The summed E-state index contributed by atoms with van der Waals surface area (Å²) in [4.78, 5) is 12.9. The standard InChI is InChI=1S/C26H21ClO5/c1-15-3-4-16(2)18(7-15)13-30-21-5-6-22-23(11-21)32-24(25(22)28)10-17-8-20(27)9-19-12-29-14-31-26(17)19/h3-11H,12-14H2,1-2H3/b24-10-. The van der Waals surface area contributed by atoms with Gasteiger partial charge in [-0.2, -0.15) is 0 Å². The molecule has 0 aromatic heterocycles. The van der Waals surface area contributed by atoms with Gasteiger partial charge in [0.05, 0.1) is 12.2 Å². The van der Waals surface area contributed by atoms with E-state index in [1.54, 1.807) is 36.4 Å². The Labute approximate surface area is 191 Å². The topological polar surface area (TPSA) is 54.0 Å².